The number of rotatable bonds is 6. The van der Waals surface area contributed by atoms with Crippen LogP contribution in [0.1, 0.15) is 47.0 Å². The standard InChI is InChI=1S/C12H23NO5/c1-8(14)6-5-7-9(10(15)16)13-11(17)18-12(2,3)4/h8-9,14H,5-7H2,1-4H3,(H,13,17)(H,15,16). The summed E-state index contributed by atoms with van der Waals surface area (Å²) in [6.45, 7) is 6.75. The van der Waals surface area contributed by atoms with Gasteiger partial charge in [-0.05, 0) is 47.0 Å². The third-order valence-corrected chi connectivity index (χ3v) is 2.10. The van der Waals surface area contributed by atoms with Crippen LogP contribution in [0.3, 0.4) is 0 Å². The highest BCUT2D eigenvalue weighted by Crippen LogP contribution is 2.09. The highest BCUT2D eigenvalue weighted by Gasteiger charge is 2.23. The zero-order valence-electron chi connectivity index (χ0n) is 11.4. The van der Waals surface area contributed by atoms with Crippen LogP contribution in [-0.4, -0.2) is 40.0 Å². The van der Waals surface area contributed by atoms with Gasteiger partial charge in [-0.1, -0.05) is 0 Å². The van der Waals surface area contributed by atoms with E-state index in [0.29, 0.717) is 12.8 Å². The molecule has 0 aromatic carbocycles. The monoisotopic (exact) mass is 261 g/mol. The summed E-state index contributed by atoms with van der Waals surface area (Å²) in [5, 5.41) is 20.3. The molecule has 0 aromatic rings. The second-order valence-electron chi connectivity index (χ2n) is 5.32. The van der Waals surface area contributed by atoms with Crippen LogP contribution in [0, 0.1) is 0 Å². The molecule has 0 rings (SSSR count). The van der Waals surface area contributed by atoms with Crippen LogP contribution in [0.25, 0.3) is 0 Å². The Morgan fingerprint density at radius 3 is 2.22 bits per heavy atom. The average Bonchev–Trinajstić information content (AvgIpc) is 2.12. The van der Waals surface area contributed by atoms with Crippen LogP contribution in [-0.2, 0) is 9.53 Å². The molecule has 3 N–H and O–H groups in total. The molecule has 1 amide bonds. The van der Waals surface area contributed by atoms with E-state index < -0.39 is 29.8 Å². The van der Waals surface area contributed by atoms with Crippen LogP contribution in [0.2, 0.25) is 0 Å². The number of aliphatic hydroxyl groups is 1. The van der Waals surface area contributed by atoms with E-state index in [1.807, 2.05) is 0 Å². The fourth-order valence-electron chi connectivity index (χ4n) is 1.32. The van der Waals surface area contributed by atoms with Crippen LogP contribution in [0.5, 0.6) is 0 Å². The van der Waals surface area contributed by atoms with Crippen LogP contribution in [0.4, 0.5) is 4.79 Å². The molecule has 0 aromatic heterocycles. The van der Waals surface area contributed by atoms with Crippen molar-refractivity contribution in [1.29, 1.82) is 0 Å². The number of hydrogen-bond acceptors (Lipinski definition) is 4. The Bertz CT molecular complexity index is 283. The first-order valence-corrected chi connectivity index (χ1v) is 6.02. The fraction of sp³-hybridized carbons (Fsp3) is 0.833. The highest BCUT2D eigenvalue weighted by atomic mass is 16.6. The van der Waals surface area contributed by atoms with Gasteiger partial charge in [0.05, 0.1) is 6.10 Å². The Labute approximate surface area is 107 Å². The van der Waals surface area contributed by atoms with Crippen LogP contribution < -0.4 is 5.32 Å². The Hall–Kier alpha value is -1.30. The van der Waals surface area contributed by atoms with Crippen molar-refractivity contribution in [2.45, 2.75) is 64.7 Å². The van der Waals surface area contributed by atoms with E-state index in [1.54, 1.807) is 27.7 Å². The molecule has 0 bridgehead atoms. The summed E-state index contributed by atoms with van der Waals surface area (Å²) in [6.07, 6.45) is 0.0665. The highest BCUT2D eigenvalue weighted by molar-refractivity contribution is 5.79. The summed E-state index contributed by atoms with van der Waals surface area (Å²) in [4.78, 5) is 22.4. The molecule has 0 aliphatic carbocycles. The summed E-state index contributed by atoms with van der Waals surface area (Å²) in [7, 11) is 0. The first-order chi connectivity index (χ1) is 8.11. The van der Waals surface area contributed by atoms with Gasteiger partial charge in [-0.25, -0.2) is 9.59 Å². The van der Waals surface area contributed by atoms with Gasteiger partial charge >= 0.3 is 12.1 Å². The Morgan fingerprint density at radius 1 is 1.28 bits per heavy atom. The molecule has 0 saturated heterocycles. The summed E-state index contributed by atoms with van der Waals surface area (Å²) in [5.74, 6) is -1.11. The summed E-state index contributed by atoms with van der Waals surface area (Å²) < 4.78 is 4.98. The number of ether oxygens (including phenoxy) is 1. The lowest BCUT2D eigenvalue weighted by atomic mass is 10.1. The number of carbonyl (C=O) groups is 2. The zero-order chi connectivity index (χ0) is 14.3. The topological polar surface area (TPSA) is 95.9 Å². The maximum absolute atomic E-state index is 11.4. The van der Waals surface area contributed by atoms with E-state index in [1.165, 1.54) is 0 Å². The number of carboxylic acid groups (broad SMARTS) is 1. The molecule has 0 saturated carbocycles. The predicted octanol–water partition coefficient (Wildman–Crippen LogP) is 1.52. The Balaban J connectivity index is 4.19. The Kier molecular flexibility index (Phi) is 6.68. The van der Waals surface area contributed by atoms with Gasteiger partial charge in [-0.3, -0.25) is 0 Å². The smallest absolute Gasteiger partial charge is 0.408 e. The van der Waals surface area contributed by atoms with Crippen LogP contribution >= 0.6 is 0 Å². The number of hydrogen-bond donors (Lipinski definition) is 3. The first-order valence-electron chi connectivity index (χ1n) is 6.02. The molecule has 106 valence electrons. The van der Waals surface area contributed by atoms with E-state index >= 15 is 0 Å². The van der Waals surface area contributed by atoms with Gasteiger partial charge in [0, 0.05) is 0 Å². The van der Waals surface area contributed by atoms with Crippen molar-refractivity contribution >= 4 is 12.1 Å². The van der Waals surface area contributed by atoms with Gasteiger partial charge in [0.2, 0.25) is 0 Å². The molecular formula is C12H23NO5. The van der Waals surface area contributed by atoms with Crippen LogP contribution in [0.15, 0.2) is 0 Å². The average molecular weight is 261 g/mol. The second-order valence-corrected chi connectivity index (χ2v) is 5.32. The van der Waals surface area contributed by atoms with Gasteiger partial charge in [0.15, 0.2) is 0 Å². The number of carbonyl (C=O) groups excluding carboxylic acids is 1. The predicted molar refractivity (Wildman–Crippen MR) is 66.3 cm³/mol. The summed E-state index contributed by atoms with van der Waals surface area (Å²) in [6, 6.07) is -0.987. The summed E-state index contributed by atoms with van der Waals surface area (Å²) >= 11 is 0. The van der Waals surface area contributed by atoms with Gasteiger partial charge in [-0.15, -0.1) is 0 Å². The van der Waals surface area contributed by atoms with Gasteiger partial charge in [0.1, 0.15) is 11.6 Å². The lowest BCUT2D eigenvalue weighted by molar-refractivity contribution is -0.139. The largest absolute Gasteiger partial charge is 0.480 e. The molecule has 18 heavy (non-hydrogen) atoms. The van der Waals surface area contributed by atoms with E-state index in [9.17, 15) is 9.59 Å². The number of aliphatic hydroxyl groups excluding tert-OH is 1. The van der Waals surface area contributed by atoms with Crippen molar-refractivity contribution in [3.05, 3.63) is 0 Å². The van der Waals surface area contributed by atoms with Crippen molar-refractivity contribution in [3.8, 4) is 0 Å². The lowest BCUT2D eigenvalue weighted by Crippen LogP contribution is -2.43. The van der Waals surface area contributed by atoms with Crippen molar-refractivity contribution in [2.75, 3.05) is 0 Å². The molecule has 6 nitrogen and oxygen atoms in total. The summed E-state index contributed by atoms with van der Waals surface area (Å²) in [5.41, 5.74) is -0.660. The van der Waals surface area contributed by atoms with Gasteiger partial charge in [0.25, 0.3) is 0 Å². The zero-order valence-corrected chi connectivity index (χ0v) is 11.4. The van der Waals surface area contributed by atoms with Crippen molar-refractivity contribution in [2.24, 2.45) is 0 Å². The van der Waals surface area contributed by atoms with Gasteiger partial charge in [-0.2, -0.15) is 0 Å². The third-order valence-electron chi connectivity index (χ3n) is 2.10. The minimum absolute atomic E-state index is 0.263. The number of aliphatic carboxylic acids is 1. The fourth-order valence-corrected chi connectivity index (χ4v) is 1.32. The molecular weight excluding hydrogens is 238 g/mol. The van der Waals surface area contributed by atoms with Crippen molar-refractivity contribution < 1.29 is 24.5 Å². The third kappa shape index (κ3) is 8.81. The molecule has 0 spiro atoms. The van der Waals surface area contributed by atoms with E-state index in [-0.39, 0.29) is 6.42 Å². The first kappa shape index (κ1) is 16.7. The molecule has 0 radical (unpaired) electrons. The lowest BCUT2D eigenvalue weighted by Gasteiger charge is -2.22. The van der Waals surface area contributed by atoms with E-state index in [4.69, 9.17) is 14.9 Å². The normalized spacial score (nSPS) is 14.7. The van der Waals surface area contributed by atoms with E-state index in [0.717, 1.165) is 0 Å². The molecule has 0 aliphatic heterocycles. The second kappa shape index (κ2) is 7.20. The molecule has 0 heterocycles. The number of amides is 1. The molecule has 2 atom stereocenters. The molecule has 2 unspecified atom stereocenters. The Morgan fingerprint density at radius 2 is 1.83 bits per heavy atom. The molecule has 0 fully saturated rings. The number of nitrogens with one attached hydrogen (secondary N) is 1. The number of carboxylic acids is 1. The van der Waals surface area contributed by atoms with Crippen molar-refractivity contribution in [3.63, 3.8) is 0 Å². The SMILES string of the molecule is CC(O)CCCC(NC(=O)OC(C)(C)C)C(=O)O. The molecule has 0 aliphatic rings. The molecule has 6 heteroatoms. The van der Waals surface area contributed by atoms with Crippen molar-refractivity contribution in [1.82, 2.24) is 5.32 Å². The number of alkyl carbamates (subject to hydrolysis) is 1. The van der Waals surface area contributed by atoms with Gasteiger partial charge < -0.3 is 20.3 Å². The minimum Gasteiger partial charge on any atom is -0.480 e. The quantitative estimate of drug-likeness (QED) is 0.673. The maximum atomic E-state index is 11.4. The van der Waals surface area contributed by atoms with E-state index in [2.05, 4.69) is 5.32 Å². The minimum atomic E-state index is -1.11. The maximum Gasteiger partial charge on any atom is 0.408 e.